The van der Waals surface area contributed by atoms with E-state index in [2.05, 4.69) is 20.8 Å². The molecule has 0 aliphatic carbocycles. The highest BCUT2D eigenvalue weighted by atomic mass is 32.2. The summed E-state index contributed by atoms with van der Waals surface area (Å²) in [6.45, 7) is 3.01. The number of hydrogen-bond acceptors (Lipinski definition) is 11. The number of carbonyl (C=O) groups is 2. The Morgan fingerprint density at radius 1 is 1.02 bits per heavy atom. The van der Waals surface area contributed by atoms with Crippen LogP contribution in [0.1, 0.15) is 54.9 Å². The van der Waals surface area contributed by atoms with Crippen LogP contribution < -0.4 is 5.32 Å². The molecule has 44 heavy (non-hydrogen) atoms. The molecule has 0 bridgehead atoms. The summed E-state index contributed by atoms with van der Waals surface area (Å²) in [5.41, 5.74) is 4.18. The number of aromatic hydroxyl groups is 1. The molecule has 1 aliphatic heterocycles. The Hall–Kier alpha value is -4.30. The molecular weight excluding hydrogens is 586 g/mol. The van der Waals surface area contributed by atoms with Gasteiger partial charge < -0.3 is 29.7 Å². The molecule has 12 nitrogen and oxygen atoms in total. The molecule has 3 aromatic carbocycles. The van der Waals surface area contributed by atoms with Gasteiger partial charge in [0.1, 0.15) is 5.75 Å². The molecule has 4 aromatic rings. The first kappa shape index (κ1) is 31.1. The second kappa shape index (κ2) is 14.4. The number of esters is 1. The van der Waals surface area contributed by atoms with Gasteiger partial charge in [0.2, 0.25) is 5.16 Å². The lowest BCUT2D eigenvalue weighted by Gasteiger charge is -2.36. The van der Waals surface area contributed by atoms with Gasteiger partial charge in [-0.05, 0) is 58.3 Å². The molecule has 1 aliphatic rings. The van der Waals surface area contributed by atoms with E-state index in [0.717, 1.165) is 27.9 Å². The van der Waals surface area contributed by atoms with E-state index in [-0.39, 0.29) is 37.0 Å². The topological polar surface area (TPSA) is 158 Å². The van der Waals surface area contributed by atoms with E-state index in [4.69, 9.17) is 14.2 Å². The van der Waals surface area contributed by atoms with Crippen LogP contribution >= 0.6 is 11.8 Å². The highest BCUT2D eigenvalue weighted by Gasteiger charge is 2.32. The van der Waals surface area contributed by atoms with Gasteiger partial charge in [-0.15, -0.1) is 5.10 Å². The van der Waals surface area contributed by atoms with Gasteiger partial charge in [-0.25, -0.2) is 0 Å². The summed E-state index contributed by atoms with van der Waals surface area (Å²) in [5.74, 6) is -0.189. The average Bonchev–Trinajstić information content (AvgIpc) is 3.51. The van der Waals surface area contributed by atoms with Crippen LogP contribution in [-0.4, -0.2) is 60.3 Å². The molecule has 1 aromatic heterocycles. The molecule has 1 saturated heterocycles. The number of ether oxygens (including phenoxy) is 3. The molecule has 4 unspecified atom stereocenters. The van der Waals surface area contributed by atoms with Gasteiger partial charge in [0, 0.05) is 31.2 Å². The SMILES string of the molecule is CC(=O)OC(C)C(=O)NCc1ccc(C2OC(CSc3nnnn3-c3ccc(O)cc3)CC(c3ccc(CO)cc3)O2)cc1. The van der Waals surface area contributed by atoms with E-state index in [0.29, 0.717) is 17.3 Å². The van der Waals surface area contributed by atoms with Crippen molar-refractivity contribution >= 4 is 23.6 Å². The van der Waals surface area contributed by atoms with E-state index < -0.39 is 18.4 Å². The number of amides is 1. The van der Waals surface area contributed by atoms with Crippen LogP contribution in [0, 0.1) is 0 Å². The number of benzene rings is 3. The summed E-state index contributed by atoms with van der Waals surface area (Å²) >= 11 is 1.46. The van der Waals surface area contributed by atoms with Gasteiger partial charge in [-0.1, -0.05) is 60.3 Å². The van der Waals surface area contributed by atoms with Crippen molar-refractivity contribution in [2.75, 3.05) is 5.75 Å². The summed E-state index contributed by atoms with van der Waals surface area (Å²) in [6.07, 6.45) is -1.42. The predicted molar refractivity (Wildman–Crippen MR) is 159 cm³/mol. The van der Waals surface area contributed by atoms with Gasteiger partial charge in [-0.2, -0.15) is 4.68 Å². The Morgan fingerprint density at radius 3 is 2.39 bits per heavy atom. The smallest absolute Gasteiger partial charge is 0.303 e. The summed E-state index contributed by atoms with van der Waals surface area (Å²) in [5, 5.41) is 34.6. The summed E-state index contributed by atoms with van der Waals surface area (Å²) in [4.78, 5) is 23.3. The highest BCUT2D eigenvalue weighted by molar-refractivity contribution is 7.99. The molecule has 1 amide bonds. The number of hydrogen-bond donors (Lipinski definition) is 3. The number of phenols is 1. The van der Waals surface area contributed by atoms with Crippen molar-refractivity contribution in [2.45, 2.75) is 63.2 Å². The number of aromatic nitrogens is 4. The van der Waals surface area contributed by atoms with Crippen molar-refractivity contribution < 1.29 is 34.0 Å². The minimum absolute atomic E-state index is 0.0397. The molecule has 0 spiro atoms. The third-order valence-corrected chi connectivity index (χ3v) is 8.03. The summed E-state index contributed by atoms with van der Waals surface area (Å²) in [7, 11) is 0. The standard InChI is InChI=1S/C31H33N5O7S/c1-19(41-20(2)38)29(40)32-16-21-3-9-24(10-4-21)30-42-27(15-28(43-30)23-7-5-22(17-37)6-8-23)18-44-31-33-34-35-36(31)25-11-13-26(39)14-12-25/h3-14,19,27-28,30,37,39H,15-18H2,1-2H3,(H,32,40). The van der Waals surface area contributed by atoms with Crippen LogP contribution in [0.3, 0.4) is 0 Å². The maximum atomic E-state index is 12.2. The van der Waals surface area contributed by atoms with Crippen molar-refractivity contribution in [1.29, 1.82) is 0 Å². The Morgan fingerprint density at radius 2 is 1.70 bits per heavy atom. The fourth-order valence-electron chi connectivity index (χ4n) is 4.64. The molecule has 5 rings (SSSR count). The third-order valence-electron chi connectivity index (χ3n) is 6.98. The molecule has 1 fully saturated rings. The Labute approximate surface area is 258 Å². The quantitative estimate of drug-likeness (QED) is 0.166. The number of nitrogens with one attached hydrogen (secondary N) is 1. The average molecular weight is 620 g/mol. The number of tetrazole rings is 1. The Balaban J connectivity index is 1.28. The summed E-state index contributed by atoms with van der Waals surface area (Å²) in [6, 6.07) is 21.9. The van der Waals surface area contributed by atoms with Crippen molar-refractivity contribution in [2.24, 2.45) is 0 Å². The van der Waals surface area contributed by atoms with Gasteiger partial charge >= 0.3 is 5.97 Å². The lowest BCUT2D eigenvalue weighted by Crippen LogP contribution is -2.35. The first-order valence-corrected chi connectivity index (χ1v) is 15.0. The van der Waals surface area contributed by atoms with E-state index >= 15 is 0 Å². The zero-order valence-corrected chi connectivity index (χ0v) is 25.0. The fourth-order valence-corrected chi connectivity index (χ4v) is 5.55. The number of thioether (sulfide) groups is 1. The van der Waals surface area contributed by atoms with E-state index in [1.807, 2.05) is 48.5 Å². The lowest BCUT2D eigenvalue weighted by atomic mass is 10.0. The molecule has 0 radical (unpaired) electrons. The first-order valence-electron chi connectivity index (χ1n) is 14.0. The summed E-state index contributed by atoms with van der Waals surface area (Å²) < 4.78 is 19.4. The van der Waals surface area contributed by atoms with Crippen molar-refractivity contribution in [3.63, 3.8) is 0 Å². The molecular formula is C31H33N5O7S. The van der Waals surface area contributed by atoms with Crippen molar-refractivity contribution in [3.8, 4) is 11.4 Å². The number of aliphatic hydroxyl groups excluding tert-OH is 1. The van der Waals surface area contributed by atoms with E-state index in [1.165, 1.54) is 25.6 Å². The second-order valence-corrected chi connectivity index (χ2v) is 11.2. The van der Waals surface area contributed by atoms with Crippen molar-refractivity contribution in [3.05, 3.63) is 95.1 Å². The number of nitrogens with zero attached hydrogens (tertiary/aromatic N) is 4. The molecule has 230 valence electrons. The van der Waals surface area contributed by atoms with Crippen molar-refractivity contribution in [1.82, 2.24) is 25.5 Å². The molecule has 2 heterocycles. The fraction of sp³-hybridized carbons (Fsp3) is 0.323. The minimum Gasteiger partial charge on any atom is -0.508 e. The maximum absolute atomic E-state index is 12.2. The second-order valence-electron chi connectivity index (χ2n) is 10.3. The molecule has 0 saturated carbocycles. The number of rotatable bonds is 11. The van der Waals surface area contributed by atoms with Gasteiger partial charge in [-0.3, -0.25) is 9.59 Å². The number of aliphatic hydroxyl groups is 1. The van der Waals surface area contributed by atoms with Crippen LogP contribution in [0.25, 0.3) is 5.69 Å². The zero-order chi connectivity index (χ0) is 31.1. The highest BCUT2D eigenvalue weighted by Crippen LogP contribution is 2.39. The monoisotopic (exact) mass is 619 g/mol. The van der Waals surface area contributed by atoms with Gasteiger partial charge in [0.05, 0.1) is 24.5 Å². The van der Waals surface area contributed by atoms with Gasteiger partial charge in [0.25, 0.3) is 5.91 Å². The van der Waals surface area contributed by atoms with Crippen LogP contribution in [0.5, 0.6) is 5.75 Å². The molecule has 3 N–H and O–H groups in total. The third kappa shape index (κ3) is 7.99. The first-order chi connectivity index (χ1) is 21.3. The zero-order valence-electron chi connectivity index (χ0n) is 24.2. The van der Waals surface area contributed by atoms with E-state index in [9.17, 15) is 19.8 Å². The normalized spacial score (nSPS) is 18.8. The van der Waals surface area contributed by atoms with Crippen LogP contribution in [0.2, 0.25) is 0 Å². The largest absolute Gasteiger partial charge is 0.508 e. The van der Waals surface area contributed by atoms with E-state index in [1.54, 1.807) is 28.9 Å². The molecule has 4 atom stereocenters. The van der Waals surface area contributed by atoms with Crippen LogP contribution in [0.15, 0.2) is 78.0 Å². The molecule has 13 heteroatoms. The lowest BCUT2D eigenvalue weighted by molar-refractivity contribution is -0.245. The number of carbonyl (C=O) groups excluding carboxylic acids is 2. The Kier molecular flexibility index (Phi) is 10.2. The van der Waals surface area contributed by atoms with Crippen LogP contribution in [-0.2, 0) is 37.0 Å². The Bertz CT molecular complexity index is 1550. The number of phenolic OH excluding ortho intramolecular Hbond substituents is 1. The maximum Gasteiger partial charge on any atom is 0.303 e. The van der Waals surface area contributed by atoms with Gasteiger partial charge in [0.15, 0.2) is 12.4 Å². The minimum atomic E-state index is -0.875. The van der Waals surface area contributed by atoms with Crippen LogP contribution in [0.4, 0.5) is 0 Å². The predicted octanol–water partition coefficient (Wildman–Crippen LogP) is 3.77.